The molecular formula is C18H32S2Sn. The molecule has 0 aromatic carbocycles. The van der Waals surface area contributed by atoms with E-state index in [0.29, 0.717) is 7.87 Å². The second kappa shape index (κ2) is 12.9. The first kappa shape index (κ1) is 21.5. The van der Waals surface area contributed by atoms with E-state index in [2.05, 4.69) is 82.4 Å². The van der Waals surface area contributed by atoms with Crippen LogP contribution < -0.4 is 0 Å². The standard InChI is InChI=1S/2C5H7.2C4H10S.Sn/c2*1-3-5-4-2;2*1-2-3-4-5;/h2*3-5H,1-2H2;2*5H,2-4H2,1H3;/q;;;;+2/p-2. The molecular weight excluding hydrogens is 399 g/mol. The minimum atomic E-state index is -2.67. The zero-order valence-corrected chi connectivity index (χ0v) is 18.3. The Morgan fingerprint density at radius 2 is 1.10 bits per heavy atom. The maximum atomic E-state index is 4.09. The summed E-state index contributed by atoms with van der Waals surface area (Å²) in [5.41, 5.74) is 0. The molecule has 120 valence electrons. The summed E-state index contributed by atoms with van der Waals surface area (Å²) in [7, 11) is 4.49. The molecule has 0 aliphatic carbocycles. The zero-order chi connectivity index (χ0) is 16.1. The van der Waals surface area contributed by atoms with Gasteiger partial charge in [-0.05, 0) is 0 Å². The van der Waals surface area contributed by atoms with Crippen LogP contribution in [0.4, 0.5) is 0 Å². The molecule has 0 aliphatic heterocycles. The Hall–Kier alpha value is 0.459. The number of hydrogen-bond acceptors (Lipinski definition) is 2. The van der Waals surface area contributed by atoms with Crippen LogP contribution in [0.3, 0.4) is 0 Å². The quantitative estimate of drug-likeness (QED) is 0.165. The van der Waals surface area contributed by atoms with E-state index in [1.807, 2.05) is 0 Å². The first-order chi connectivity index (χ1) is 10.2. The van der Waals surface area contributed by atoms with E-state index >= 15 is 0 Å². The van der Waals surface area contributed by atoms with Gasteiger partial charge in [0.05, 0.1) is 0 Å². The van der Waals surface area contributed by atoms with Gasteiger partial charge in [0.15, 0.2) is 0 Å². The van der Waals surface area contributed by atoms with Gasteiger partial charge in [-0.3, -0.25) is 0 Å². The Morgan fingerprint density at radius 1 is 0.762 bits per heavy atom. The molecule has 0 N–H and O–H groups in total. The van der Waals surface area contributed by atoms with Crippen LogP contribution in [0.25, 0.3) is 0 Å². The Bertz CT molecular complexity index is 277. The van der Waals surface area contributed by atoms with Gasteiger partial charge in [-0.15, -0.1) is 0 Å². The summed E-state index contributed by atoms with van der Waals surface area (Å²) in [6.45, 7) is 20.9. The Balaban J connectivity index is 5.42. The molecule has 0 nitrogen and oxygen atoms in total. The van der Waals surface area contributed by atoms with Gasteiger partial charge < -0.3 is 0 Å². The molecule has 0 fully saturated rings. The molecule has 0 saturated heterocycles. The minimum absolute atomic E-state index is 0.462. The molecule has 0 aliphatic rings. The van der Waals surface area contributed by atoms with E-state index in [1.54, 1.807) is 0 Å². The number of hydrogen-bond donors (Lipinski definition) is 0. The van der Waals surface area contributed by atoms with Gasteiger partial charge in [-0.2, -0.15) is 0 Å². The van der Waals surface area contributed by atoms with Crippen molar-refractivity contribution >= 4 is 33.5 Å². The van der Waals surface area contributed by atoms with Crippen molar-refractivity contribution in [1.82, 2.24) is 0 Å². The average molecular weight is 431 g/mol. The van der Waals surface area contributed by atoms with E-state index in [0.717, 1.165) is 0 Å². The SMILES string of the molecule is C=C[CH](C=C)[Sn]([S]CCCC)([S]CCCC)[CH](C=C)C=C. The first-order valence-corrected chi connectivity index (χ1v) is 20.2. The number of unbranched alkanes of at least 4 members (excludes halogenated alkanes) is 2. The second-order valence-electron chi connectivity index (χ2n) is 5.12. The van der Waals surface area contributed by atoms with Crippen LogP contribution in [-0.4, -0.2) is 27.1 Å². The molecule has 0 atom stereocenters. The predicted octanol–water partition coefficient (Wildman–Crippen LogP) is 6.98. The molecule has 0 spiro atoms. The molecule has 0 unspecified atom stereocenters. The van der Waals surface area contributed by atoms with Crippen LogP contribution in [0.2, 0.25) is 7.87 Å². The summed E-state index contributed by atoms with van der Waals surface area (Å²) in [6, 6.07) is 0. The van der Waals surface area contributed by atoms with Crippen molar-refractivity contribution in [2.75, 3.05) is 11.5 Å². The molecule has 0 amide bonds. The predicted molar refractivity (Wildman–Crippen MR) is 109 cm³/mol. The van der Waals surface area contributed by atoms with E-state index in [1.165, 1.54) is 37.2 Å². The van der Waals surface area contributed by atoms with Gasteiger partial charge in [-0.1, -0.05) is 0 Å². The third-order valence-electron chi connectivity index (χ3n) is 3.60. The Morgan fingerprint density at radius 3 is 1.33 bits per heavy atom. The average Bonchev–Trinajstić information content (AvgIpc) is 2.50. The molecule has 0 heterocycles. The van der Waals surface area contributed by atoms with Crippen LogP contribution in [0.1, 0.15) is 39.5 Å². The number of rotatable bonds is 14. The van der Waals surface area contributed by atoms with E-state index in [4.69, 9.17) is 0 Å². The normalized spacial score (nSPS) is 11.6. The van der Waals surface area contributed by atoms with Gasteiger partial charge in [0, 0.05) is 0 Å². The summed E-state index contributed by atoms with van der Waals surface area (Å²) in [6.07, 6.45) is 13.6. The molecule has 0 aromatic rings. The topological polar surface area (TPSA) is 0 Å². The van der Waals surface area contributed by atoms with Crippen molar-refractivity contribution in [3.63, 3.8) is 0 Å². The fourth-order valence-electron chi connectivity index (χ4n) is 2.25. The van der Waals surface area contributed by atoms with Crippen LogP contribution >= 0.6 is 17.9 Å². The van der Waals surface area contributed by atoms with Crippen molar-refractivity contribution in [3.8, 4) is 0 Å². The molecule has 3 heteroatoms. The molecule has 0 bridgehead atoms. The molecule has 0 rings (SSSR count). The molecule has 21 heavy (non-hydrogen) atoms. The molecule has 0 radical (unpaired) electrons. The van der Waals surface area contributed by atoms with Gasteiger partial charge >= 0.3 is 143 Å². The Kier molecular flexibility index (Phi) is 13.2. The van der Waals surface area contributed by atoms with Crippen LogP contribution in [0, 0.1) is 0 Å². The van der Waals surface area contributed by atoms with E-state index in [9.17, 15) is 0 Å². The van der Waals surface area contributed by atoms with Crippen LogP contribution in [0.15, 0.2) is 50.6 Å². The molecule has 0 saturated carbocycles. The summed E-state index contributed by atoms with van der Waals surface area (Å²) in [5.74, 6) is 2.50. The van der Waals surface area contributed by atoms with Gasteiger partial charge in [-0.25, -0.2) is 0 Å². The van der Waals surface area contributed by atoms with Crippen LogP contribution in [-0.2, 0) is 0 Å². The van der Waals surface area contributed by atoms with Gasteiger partial charge in [0.25, 0.3) is 0 Å². The second-order valence-corrected chi connectivity index (χ2v) is 30.2. The summed E-state index contributed by atoms with van der Waals surface area (Å²) >= 11 is -2.67. The first-order valence-electron chi connectivity index (χ1n) is 7.94. The van der Waals surface area contributed by atoms with Crippen LogP contribution in [0.5, 0.6) is 0 Å². The third-order valence-corrected chi connectivity index (χ3v) is 36.7. The van der Waals surface area contributed by atoms with E-state index in [-0.39, 0.29) is 0 Å². The summed E-state index contributed by atoms with van der Waals surface area (Å²) < 4.78 is 0.924. The molecule has 0 aromatic heterocycles. The van der Waals surface area contributed by atoms with Crippen molar-refractivity contribution in [2.45, 2.75) is 47.4 Å². The number of allylic oxidation sites excluding steroid dienone is 4. The van der Waals surface area contributed by atoms with Gasteiger partial charge in [0.1, 0.15) is 0 Å². The summed E-state index contributed by atoms with van der Waals surface area (Å²) in [4.78, 5) is 0. The fraction of sp³-hybridized carbons (Fsp3) is 0.556. The maximum absolute atomic E-state index is 4.09. The fourth-order valence-corrected chi connectivity index (χ4v) is 35.1. The van der Waals surface area contributed by atoms with Crippen molar-refractivity contribution in [3.05, 3.63) is 50.6 Å². The van der Waals surface area contributed by atoms with Crippen molar-refractivity contribution in [1.29, 1.82) is 0 Å². The zero-order valence-electron chi connectivity index (χ0n) is 13.9. The monoisotopic (exact) mass is 432 g/mol. The summed E-state index contributed by atoms with van der Waals surface area (Å²) in [5, 5.41) is 0. The van der Waals surface area contributed by atoms with Crippen molar-refractivity contribution < 1.29 is 0 Å². The van der Waals surface area contributed by atoms with Gasteiger partial charge in [0.2, 0.25) is 0 Å². The third kappa shape index (κ3) is 6.62. The van der Waals surface area contributed by atoms with Crippen molar-refractivity contribution in [2.24, 2.45) is 0 Å². The van der Waals surface area contributed by atoms with E-state index < -0.39 is 15.6 Å². The Labute approximate surface area is 142 Å².